The molecule has 0 N–H and O–H groups in total. The maximum atomic E-state index is 5.12. The van der Waals surface area contributed by atoms with Crippen LogP contribution in [0.3, 0.4) is 0 Å². The summed E-state index contributed by atoms with van der Waals surface area (Å²) in [6.45, 7) is 0. The minimum atomic E-state index is 0.615. The van der Waals surface area contributed by atoms with Gasteiger partial charge in [0.2, 0.25) is 0 Å². The van der Waals surface area contributed by atoms with Crippen molar-refractivity contribution < 1.29 is 0 Å². The van der Waals surface area contributed by atoms with Crippen molar-refractivity contribution in [2.45, 2.75) is 0 Å². The maximum Gasteiger partial charge on any atom is 0.164 e. The summed E-state index contributed by atoms with van der Waals surface area (Å²) < 4.78 is 2.24. The van der Waals surface area contributed by atoms with E-state index in [1.807, 2.05) is 85.1 Å². The van der Waals surface area contributed by atoms with Crippen LogP contribution < -0.4 is 0 Å². The monoisotopic (exact) mass is 703 g/mol. The molecular formula is C50H33N5. The molecule has 0 aliphatic rings. The van der Waals surface area contributed by atoms with Crippen molar-refractivity contribution in [3.05, 3.63) is 200 Å². The van der Waals surface area contributed by atoms with Gasteiger partial charge in [-0.15, -0.1) is 0 Å². The van der Waals surface area contributed by atoms with Crippen molar-refractivity contribution in [1.29, 1.82) is 0 Å². The van der Waals surface area contributed by atoms with Gasteiger partial charge >= 0.3 is 0 Å². The van der Waals surface area contributed by atoms with Gasteiger partial charge in [0.05, 0.1) is 11.0 Å². The topological polar surface area (TPSA) is 56.5 Å². The van der Waals surface area contributed by atoms with E-state index >= 15 is 0 Å². The average molecular weight is 704 g/mol. The molecule has 0 radical (unpaired) electrons. The summed E-state index contributed by atoms with van der Waals surface area (Å²) in [5.74, 6) is 2.77. The Balaban J connectivity index is 1.18. The Bertz CT molecular complexity index is 2880. The summed E-state index contributed by atoms with van der Waals surface area (Å²) in [6, 6.07) is 67.5. The Morgan fingerprint density at radius 2 is 0.745 bits per heavy atom. The molecule has 0 spiro atoms. The fraction of sp³-hybridized carbons (Fsp3) is 0. The maximum absolute atomic E-state index is 5.12. The molecule has 10 aromatic rings. The van der Waals surface area contributed by atoms with Gasteiger partial charge in [0.15, 0.2) is 17.5 Å². The molecule has 10 rings (SSSR count). The summed E-state index contributed by atoms with van der Waals surface area (Å²) in [5.41, 5.74) is 11.7. The number of nitrogens with zero attached hydrogens (tertiary/aromatic N) is 5. The zero-order chi connectivity index (χ0) is 36.6. The van der Waals surface area contributed by atoms with Crippen molar-refractivity contribution in [2.24, 2.45) is 0 Å². The summed E-state index contributed by atoms with van der Waals surface area (Å²) in [6.07, 6.45) is 1.84. The van der Waals surface area contributed by atoms with E-state index in [1.54, 1.807) is 0 Å². The Morgan fingerprint density at radius 1 is 0.291 bits per heavy atom. The first-order valence-corrected chi connectivity index (χ1v) is 18.4. The van der Waals surface area contributed by atoms with E-state index in [9.17, 15) is 0 Å². The van der Waals surface area contributed by atoms with Crippen molar-refractivity contribution in [3.63, 3.8) is 0 Å². The highest BCUT2D eigenvalue weighted by Crippen LogP contribution is 2.38. The highest BCUT2D eigenvalue weighted by molar-refractivity contribution is 6.10. The lowest BCUT2D eigenvalue weighted by molar-refractivity contribution is 1.07. The number of hydrogen-bond donors (Lipinski definition) is 0. The molecule has 0 saturated heterocycles. The normalized spacial score (nSPS) is 11.3. The fourth-order valence-electron chi connectivity index (χ4n) is 7.40. The van der Waals surface area contributed by atoms with Gasteiger partial charge in [0.1, 0.15) is 5.82 Å². The molecule has 258 valence electrons. The van der Waals surface area contributed by atoms with Gasteiger partial charge in [0.25, 0.3) is 0 Å². The van der Waals surface area contributed by atoms with Crippen LogP contribution in [0.1, 0.15) is 0 Å². The van der Waals surface area contributed by atoms with Crippen LogP contribution in [0.4, 0.5) is 0 Å². The second-order valence-electron chi connectivity index (χ2n) is 13.6. The van der Waals surface area contributed by atoms with Crippen LogP contribution in [0.5, 0.6) is 0 Å². The van der Waals surface area contributed by atoms with Gasteiger partial charge in [-0.05, 0) is 81.9 Å². The zero-order valence-electron chi connectivity index (χ0n) is 29.8. The second kappa shape index (κ2) is 13.8. The van der Waals surface area contributed by atoms with Gasteiger partial charge < -0.3 is 0 Å². The molecule has 3 heterocycles. The largest absolute Gasteiger partial charge is 0.294 e. The van der Waals surface area contributed by atoms with Crippen LogP contribution in [-0.4, -0.2) is 24.5 Å². The van der Waals surface area contributed by atoms with E-state index < -0.39 is 0 Å². The molecule has 0 fully saturated rings. The number of hydrogen-bond acceptors (Lipinski definition) is 4. The lowest BCUT2D eigenvalue weighted by Gasteiger charge is -2.13. The molecular weight excluding hydrogens is 671 g/mol. The third-order valence-corrected chi connectivity index (χ3v) is 10.1. The Labute approximate surface area is 318 Å². The lowest BCUT2D eigenvalue weighted by Crippen LogP contribution is -2.00. The molecule has 0 unspecified atom stereocenters. The number of benzene rings is 7. The number of pyridine rings is 1. The smallest absolute Gasteiger partial charge is 0.164 e. The number of aromatic nitrogens is 5. The molecule has 5 nitrogen and oxygen atoms in total. The number of rotatable bonds is 7. The van der Waals surface area contributed by atoms with Gasteiger partial charge in [-0.2, -0.15) is 0 Å². The summed E-state index contributed by atoms with van der Waals surface area (Å²) >= 11 is 0. The van der Waals surface area contributed by atoms with Crippen LogP contribution in [0.25, 0.3) is 95.2 Å². The predicted molar refractivity (Wildman–Crippen MR) is 225 cm³/mol. The van der Waals surface area contributed by atoms with Crippen molar-refractivity contribution in [1.82, 2.24) is 24.5 Å². The third kappa shape index (κ3) is 6.14. The second-order valence-corrected chi connectivity index (χ2v) is 13.6. The molecule has 0 amide bonds. The summed E-state index contributed by atoms with van der Waals surface area (Å²) in [7, 11) is 0. The molecule has 0 atom stereocenters. The predicted octanol–water partition coefficient (Wildman–Crippen LogP) is 12.4. The van der Waals surface area contributed by atoms with E-state index in [2.05, 4.69) is 120 Å². The van der Waals surface area contributed by atoms with Gasteiger partial charge in [-0.1, -0.05) is 146 Å². The minimum absolute atomic E-state index is 0.615. The zero-order valence-corrected chi connectivity index (χ0v) is 29.8. The van der Waals surface area contributed by atoms with Crippen LogP contribution in [-0.2, 0) is 0 Å². The number of para-hydroxylation sites is 1. The molecule has 55 heavy (non-hydrogen) atoms. The van der Waals surface area contributed by atoms with Crippen LogP contribution in [0, 0.1) is 0 Å². The first-order chi connectivity index (χ1) is 27.2. The first kappa shape index (κ1) is 32.2. The SMILES string of the molecule is c1ccc(-c2ccc(-c3cc(-c4ccc5c(c4)c4ccccc4n5-c4ccccn4)cc(-c4nc(-c5ccccc5)nc(-c5ccccc5)n4)c3)cc2)cc1. The van der Waals surface area contributed by atoms with Crippen LogP contribution in [0.2, 0.25) is 0 Å². The van der Waals surface area contributed by atoms with Crippen molar-refractivity contribution in [2.75, 3.05) is 0 Å². The number of fused-ring (bicyclic) bond motifs is 3. The highest BCUT2D eigenvalue weighted by Gasteiger charge is 2.17. The molecule has 0 bridgehead atoms. The van der Waals surface area contributed by atoms with Gasteiger partial charge in [-0.25, -0.2) is 19.9 Å². The summed E-state index contributed by atoms with van der Waals surface area (Å²) in [4.78, 5) is 19.9. The van der Waals surface area contributed by atoms with E-state index in [-0.39, 0.29) is 0 Å². The third-order valence-electron chi connectivity index (χ3n) is 10.1. The fourth-order valence-corrected chi connectivity index (χ4v) is 7.40. The molecule has 0 aliphatic heterocycles. The molecule has 0 aliphatic carbocycles. The van der Waals surface area contributed by atoms with Crippen LogP contribution in [0.15, 0.2) is 200 Å². The molecule has 7 aromatic carbocycles. The quantitative estimate of drug-likeness (QED) is 0.166. The summed E-state index contributed by atoms with van der Waals surface area (Å²) in [5, 5.41) is 2.34. The van der Waals surface area contributed by atoms with E-state index in [0.717, 1.165) is 61.2 Å². The van der Waals surface area contributed by atoms with E-state index in [0.29, 0.717) is 17.5 Å². The van der Waals surface area contributed by atoms with Crippen LogP contribution >= 0.6 is 0 Å². The van der Waals surface area contributed by atoms with Gasteiger partial charge in [0, 0.05) is 33.7 Å². The van der Waals surface area contributed by atoms with Crippen molar-refractivity contribution >= 4 is 21.8 Å². The van der Waals surface area contributed by atoms with Gasteiger partial charge in [-0.3, -0.25) is 4.57 Å². The Kier molecular flexibility index (Phi) is 8.08. The highest BCUT2D eigenvalue weighted by atomic mass is 15.1. The molecule has 3 aromatic heterocycles. The van der Waals surface area contributed by atoms with E-state index in [4.69, 9.17) is 19.9 Å². The van der Waals surface area contributed by atoms with Crippen molar-refractivity contribution in [3.8, 4) is 73.4 Å². The minimum Gasteiger partial charge on any atom is -0.294 e. The first-order valence-electron chi connectivity index (χ1n) is 18.4. The molecule has 0 saturated carbocycles. The lowest BCUT2D eigenvalue weighted by atomic mass is 9.94. The standard InChI is InChI=1S/C50H33N5/c1-4-14-34(15-5-1)35-23-25-36(26-24-35)40-30-41(39-27-28-46-44(33-39)43-20-10-11-21-45(43)55(46)47-22-12-13-29-51-47)32-42(31-40)50-53-48(37-16-6-2-7-17-37)52-49(54-50)38-18-8-3-9-19-38/h1-33H. The molecule has 5 heteroatoms. The van der Waals surface area contributed by atoms with E-state index in [1.165, 1.54) is 16.5 Å². The Hall–Kier alpha value is -7.50. The Morgan fingerprint density at radius 3 is 1.36 bits per heavy atom. The average Bonchev–Trinajstić information content (AvgIpc) is 3.61.